The van der Waals surface area contributed by atoms with E-state index in [9.17, 15) is 10.1 Å². The van der Waals surface area contributed by atoms with E-state index in [0.717, 1.165) is 5.56 Å². The Morgan fingerprint density at radius 2 is 1.09 bits per heavy atom. The molecule has 35 heavy (non-hydrogen) atoms. The van der Waals surface area contributed by atoms with Crippen LogP contribution in [0, 0.1) is 16.0 Å². The fraction of sp³-hybridized carbons (Fsp3) is 0.741. The van der Waals surface area contributed by atoms with Crippen LogP contribution >= 0.6 is 0 Å². The Hall–Kier alpha value is -1.17. The molecule has 0 aliphatic heterocycles. The summed E-state index contributed by atoms with van der Waals surface area (Å²) >= 11 is -0.473. The molecule has 0 amide bonds. The van der Waals surface area contributed by atoms with Crippen molar-refractivity contribution in [3.05, 3.63) is 56.5 Å². The molecule has 0 unspecified atom stereocenters. The number of nitrogens with zero attached hydrogens (tertiary/aromatic N) is 5. The first-order chi connectivity index (χ1) is 15.4. The third kappa shape index (κ3) is 25.7. The number of nitro groups is 1. The summed E-state index contributed by atoms with van der Waals surface area (Å²) < 4.78 is 9.01. The largest absolute Gasteiger partial charge is 0.323 e. The Balaban J connectivity index is 0. The zero-order valence-corrected chi connectivity index (χ0v) is 26.9. The van der Waals surface area contributed by atoms with Gasteiger partial charge in [0.15, 0.2) is 0 Å². The number of hydrogen-bond acceptors (Lipinski definition) is 4. The quantitative estimate of drug-likeness (QED) is 0.155. The van der Waals surface area contributed by atoms with E-state index in [4.69, 9.17) is 10.6 Å². The van der Waals surface area contributed by atoms with Gasteiger partial charge in [-0.2, -0.15) is 20.8 Å². The molecule has 0 fully saturated rings. The van der Waals surface area contributed by atoms with Gasteiger partial charge < -0.3 is 16.6 Å². The third-order valence-corrected chi connectivity index (χ3v) is 6.14. The van der Waals surface area contributed by atoms with Gasteiger partial charge in [-0.15, -0.1) is 11.1 Å². The van der Waals surface area contributed by atoms with Gasteiger partial charge >= 0.3 is 77.8 Å². The monoisotopic (exact) mass is 574 g/mol. The van der Waals surface area contributed by atoms with E-state index in [1.54, 1.807) is 12.1 Å². The van der Waals surface area contributed by atoms with Gasteiger partial charge in [-0.25, -0.2) is 6.17 Å². The van der Waals surface area contributed by atoms with Crippen molar-refractivity contribution in [2.45, 2.75) is 132 Å². The van der Waals surface area contributed by atoms with Crippen LogP contribution in [0.3, 0.4) is 0 Å². The Kier molecular flexibility index (Phi) is 15.6. The summed E-state index contributed by atoms with van der Waals surface area (Å²) in [5.74, 6) is 1.42. The van der Waals surface area contributed by atoms with Gasteiger partial charge in [-0.05, 0) is 0 Å². The minimum absolute atomic E-state index is 0.0824. The first-order valence-electron chi connectivity index (χ1n) is 12.0. The third-order valence-electron chi connectivity index (χ3n) is 3.05. The molecule has 0 radical (unpaired) electrons. The summed E-state index contributed by atoms with van der Waals surface area (Å²) in [6.45, 7) is 31.1. The fourth-order valence-corrected chi connectivity index (χ4v) is 3.25. The summed E-state index contributed by atoms with van der Waals surface area (Å²) in [5.41, 5.74) is 0.732. The molecule has 0 heterocycles. The summed E-state index contributed by atoms with van der Waals surface area (Å²) in [6, 6.07) is 6.46. The van der Waals surface area contributed by atoms with E-state index in [1.807, 2.05) is 41.5 Å². The zero-order valence-electron chi connectivity index (χ0n) is 24.8. The first-order valence-corrected chi connectivity index (χ1v) is 13.8. The second-order valence-corrected chi connectivity index (χ2v) is 14.2. The van der Waals surface area contributed by atoms with Crippen molar-refractivity contribution in [2.75, 3.05) is 0 Å². The SMILES string of the molecule is CC(C)(C)[N-]C([N-]C(C)(C)C)c1ccc([N+](=O)[O-])cc1.CC(C)(C)[N]=[Mo]=[N]C(C)(C)C.C[C-](C)C. The van der Waals surface area contributed by atoms with Crippen LogP contribution in [0.5, 0.6) is 0 Å². The molecule has 8 heteroatoms. The van der Waals surface area contributed by atoms with Crippen LogP contribution in [0.4, 0.5) is 5.69 Å². The maximum absolute atomic E-state index is 10.7. The van der Waals surface area contributed by atoms with Crippen molar-refractivity contribution in [1.29, 1.82) is 0 Å². The molecule has 1 aromatic rings. The van der Waals surface area contributed by atoms with Crippen molar-refractivity contribution >= 4 is 5.69 Å². The second kappa shape index (κ2) is 15.2. The first kappa shape index (κ1) is 36.0. The van der Waals surface area contributed by atoms with Crippen LogP contribution in [0.15, 0.2) is 31.3 Å². The maximum Gasteiger partial charge on any atom is -0.189 e. The van der Waals surface area contributed by atoms with Crippen molar-refractivity contribution in [1.82, 2.24) is 0 Å². The van der Waals surface area contributed by atoms with Crippen molar-refractivity contribution < 1.29 is 23.1 Å². The van der Waals surface area contributed by atoms with E-state index in [0.29, 0.717) is 0 Å². The molecule has 0 bridgehead atoms. The van der Waals surface area contributed by atoms with Gasteiger partial charge in [-0.3, -0.25) is 10.1 Å². The molecule has 0 spiro atoms. The average molecular weight is 573 g/mol. The van der Waals surface area contributed by atoms with E-state index in [-0.39, 0.29) is 34.0 Å². The minimum Gasteiger partial charge on any atom is -0.323 e. The second-order valence-electron chi connectivity index (χ2n) is 12.9. The molecule has 0 saturated heterocycles. The standard InChI is InChI=1S/C15H23N3O2.2C4H9N.C4H9.Mo/c1-14(2,3)16-13(17-15(4,5)6)11-7-9-12(10-8-11)18(19)20;2*1-4(2,3)5;1-4(2)3;/h7-10,13H,1-6H3;2*1-3H3;1-3H3;/q-2;;;-1;. The van der Waals surface area contributed by atoms with Crippen molar-refractivity contribution in [2.24, 2.45) is 6.99 Å². The number of benzene rings is 1. The molecule has 0 aliphatic carbocycles. The topological polar surface area (TPSA) is 96.1 Å². The zero-order chi connectivity index (χ0) is 28.3. The van der Waals surface area contributed by atoms with E-state index >= 15 is 0 Å². The van der Waals surface area contributed by atoms with Gasteiger partial charge in [0.25, 0.3) is 5.69 Å². The van der Waals surface area contributed by atoms with Crippen LogP contribution in [0.1, 0.15) is 116 Å². The predicted molar refractivity (Wildman–Crippen MR) is 147 cm³/mol. The summed E-state index contributed by atoms with van der Waals surface area (Å²) in [6.07, 6.45) is -0.309. The molecule has 0 atom stereocenters. The van der Waals surface area contributed by atoms with Crippen molar-refractivity contribution in [3.63, 3.8) is 0 Å². The smallest absolute Gasteiger partial charge is 0.189 e. The molecular weight excluding hydrogens is 522 g/mol. The molecule has 0 aliphatic rings. The van der Waals surface area contributed by atoms with Gasteiger partial charge in [0.05, 0.1) is 4.92 Å². The number of nitro benzene ring substituents is 1. The van der Waals surface area contributed by atoms with Gasteiger partial charge in [-0.1, -0.05) is 59.2 Å². The van der Waals surface area contributed by atoms with Crippen LogP contribution in [-0.2, 0) is 18.2 Å². The Labute approximate surface area is 224 Å². The van der Waals surface area contributed by atoms with E-state index in [2.05, 4.69) is 69.3 Å². The molecule has 0 aromatic heterocycles. The summed E-state index contributed by atoms with van der Waals surface area (Å²) in [7, 11) is 0. The van der Waals surface area contributed by atoms with Crippen LogP contribution in [-0.4, -0.2) is 27.1 Å². The maximum atomic E-state index is 10.7. The fourth-order valence-electron chi connectivity index (χ4n) is 1.95. The summed E-state index contributed by atoms with van der Waals surface area (Å²) in [4.78, 5) is 10.3. The molecule has 1 rings (SSSR count). The molecule has 7 nitrogen and oxygen atoms in total. The van der Waals surface area contributed by atoms with Crippen molar-refractivity contribution in [3.8, 4) is 0 Å². The van der Waals surface area contributed by atoms with Gasteiger partial charge in [0, 0.05) is 12.1 Å². The molecule has 1 aromatic carbocycles. The normalized spacial score (nSPS) is 12.3. The summed E-state index contributed by atoms with van der Waals surface area (Å²) in [5, 5.41) is 20.1. The Morgan fingerprint density at radius 1 is 0.771 bits per heavy atom. The average Bonchev–Trinajstić information content (AvgIpc) is 2.56. The Morgan fingerprint density at radius 3 is 1.31 bits per heavy atom. The van der Waals surface area contributed by atoms with Gasteiger partial charge in [0.1, 0.15) is 0 Å². The number of rotatable bonds is 4. The van der Waals surface area contributed by atoms with Crippen LogP contribution < -0.4 is 0 Å². The van der Waals surface area contributed by atoms with Gasteiger partial charge in [0.2, 0.25) is 0 Å². The Bertz CT molecular complexity index is 766. The number of non-ortho nitro benzene ring substituents is 1. The minimum atomic E-state index is -0.473. The van der Waals surface area contributed by atoms with Crippen LogP contribution in [0.25, 0.3) is 10.6 Å². The number of hydrogen-bond donors (Lipinski definition) is 0. The molecule has 0 N–H and O–H groups in total. The van der Waals surface area contributed by atoms with E-state index < -0.39 is 23.1 Å². The van der Waals surface area contributed by atoms with E-state index in [1.165, 1.54) is 18.1 Å². The molecular formula is C27H50MoN5O2-3. The molecule has 204 valence electrons. The predicted octanol–water partition coefficient (Wildman–Crippen LogP) is 9.59. The van der Waals surface area contributed by atoms with Crippen LogP contribution in [0.2, 0.25) is 0 Å². The molecule has 0 saturated carbocycles.